The second kappa shape index (κ2) is 7.27. The molecule has 122 valence electrons. The molecule has 0 aliphatic heterocycles. The topological polar surface area (TPSA) is 76.7 Å². The molecule has 0 aliphatic rings. The van der Waals surface area contributed by atoms with E-state index in [2.05, 4.69) is 51.5 Å². The van der Waals surface area contributed by atoms with Crippen LogP contribution < -0.4 is 11.1 Å². The van der Waals surface area contributed by atoms with Crippen LogP contribution in [0.2, 0.25) is 0 Å². The second-order valence-corrected chi connectivity index (χ2v) is 6.22. The number of nitrogens with zero attached hydrogens (tertiary/aromatic N) is 3. The quantitative estimate of drug-likeness (QED) is 0.685. The summed E-state index contributed by atoms with van der Waals surface area (Å²) >= 11 is 1.62. The highest BCUT2D eigenvalue weighted by Gasteiger charge is 2.06. The van der Waals surface area contributed by atoms with Crippen LogP contribution in [0.5, 0.6) is 0 Å². The first kappa shape index (κ1) is 16.2. The first-order valence-electron chi connectivity index (χ1n) is 7.31. The van der Waals surface area contributed by atoms with Gasteiger partial charge in [-0.15, -0.1) is 11.8 Å². The summed E-state index contributed by atoms with van der Waals surface area (Å²) in [6.45, 7) is 2.05. The molecular formula is C17H16FN5S. The van der Waals surface area contributed by atoms with Crippen molar-refractivity contribution in [3.05, 3.63) is 65.7 Å². The molecular weight excluding hydrogens is 325 g/mol. The van der Waals surface area contributed by atoms with E-state index in [4.69, 9.17) is 5.73 Å². The molecule has 0 atom stereocenters. The molecule has 3 rings (SSSR count). The molecule has 0 aliphatic carbocycles. The lowest BCUT2D eigenvalue weighted by Crippen LogP contribution is -2.06. The zero-order valence-corrected chi connectivity index (χ0v) is 13.8. The largest absolute Gasteiger partial charge is 0.368 e. The number of benzene rings is 2. The number of nitrogens with one attached hydrogen (secondary N) is 1. The molecule has 0 amide bonds. The van der Waals surface area contributed by atoms with E-state index in [1.54, 1.807) is 23.9 Å². The third-order valence-corrected chi connectivity index (χ3v) is 4.20. The van der Waals surface area contributed by atoms with E-state index in [0.29, 0.717) is 23.2 Å². The summed E-state index contributed by atoms with van der Waals surface area (Å²) in [4.78, 5) is 13.7. The van der Waals surface area contributed by atoms with Gasteiger partial charge in [0, 0.05) is 10.6 Å². The zero-order chi connectivity index (χ0) is 16.9. The SMILES string of the molecule is Cc1ccc(SCc2nc(N)nc(Nc3ccc(F)cc3)n2)cc1. The van der Waals surface area contributed by atoms with E-state index in [9.17, 15) is 4.39 Å². The van der Waals surface area contributed by atoms with Gasteiger partial charge in [0.15, 0.2) is 0 Å². The fourth-order valence-electron chi connectivity index (χ4n) is 2.00. The molecule has 0 fully saturated rings. The Kier molecular flexibility index (Phi) is 4.90. The summed E-state index contributed by atoms with van der Waals surface area (Å²) in [5, 5.41) is 3.00. The predicted octanol–water partition coefficient (Wildman–Crippen LogP) is 3.94. The molecule has 1 heterocycles. The van der Waals surface area contributed by atoms with Gasteiger partial charge >= 0.3 is 0 Å². The first-order valence-corrected chi connectivity index (χ1v) is 8.29. The van der Waals surface area contributed by atoms with Gasteiger partial charge in [-0.1, -0.05) is 17.7 Å². The van der Waals surface area contributed by atoms with Crippen molar-refractivity contribution in [2.75, 3.05) is 11.1 Å². The fourth-order valence-corrected chi connectivity index (χ4v) is 2.76. The highest BCUT2D eigenvalue weighted by molar-refractivity contribution is 7.98. The van der Waals surface area contributed by atoms with Crippen LogP contribution >= 0.6 is 11.8 Å². The molecule has 5 nitrogen and oxygen atoms in total. The minimum absolute atomic E-state index is 0.147. The summed E-state index contributed by atoms with van der Waals surface area (Å²) in [6.07, 6.45) is 0. The molecule has 1 aromatic heterocycles. The number of thioether (sulfide) groups is 1. The van der Waals surface area contributed by atoms with Gasteiger partial charge in [0.1, 0.15) is 11.6 Å². The number of nitrogen functional groups attached to an aromatic ring is 1. The Morgan fingerprint density at radius 2 is 1.71 bits per heavy atom. The van der Waals surface area contributed by atoms with Crippen molar-refractivity contribution in [3.63, 3.8) is 0 Å². The Balaban J connectivity index is 1.71. The predicted molar refractivity (Wildman–Crippen MR) is 94.7 cm³/mol. The monoisotopic (exact) mass is 341 g/mol. The van der Waals surface area contributed by atoms with Crippen molar-refractivity contribution >= 4 is 29.3 Å². The van der Waals surface area contributed by atoms with Crippen LogP contribution in [-0.4, -0.2) is 15.0 Å². The van der Waals surface area contributed by atoms with Crippen molar-refractivity contribution < 1.29 is 4.39 Å². The van der Waals surface area contributed by atoms with Gasteiger partial charge in [-0.05, 0) is 43.3 Å². The lowest BCUT2D eigenvalue weighted by Gasteiger charge is -2.07. The maximum absolute atomic E-state index is 12.9. The molecule has 0 saturated carbocycles. The van der Waals surface area contributed by atoms with E-state index >= 15 is 0 Å². The minimum Gasteiger partial charge on any atom is -0.368 e. The molecule has 3 aromatic rings. The van der Waals surface area contributed by atoms with Crippen LogP contribution in [0, 0.1) is 12.7 Å². The van der Waals surface area contributed by atoms with Gasteiger partial charge in [0.05, 0.1) is 5.75 Å². The van der Waals surface area contributed by atoms with Crippen LogP contribution in [-0.2, 0) is 5.75 Å². The smallest absolute Gasteiger partial charge is 0.232 e. The molecule has 0 spiro atoms. The average molecular weight is 341 g/mol. The summed E-state index contributed by atoms with van der Waals surface area (Å²) in [5.74, 6) is 1.35. The molecule has 2 aromatic carbocycles. The van der Waals surface area contributed by atoms with Gasteiger partial charge in [0.2, 0.25) is 11.9 Å². The Morgan fingerprint density at radius 3 is 2.42 bits per heavy atom. The number of nitrogens with two attached hydrogens (primary N) is 1. The van der Waals surface area contributed by atoms with Gasteiger partial charge in [-0.2, -0.15) is 15.0 Å². The van der Waals surface area contributed by atoms with Crippen molar-refractivity contribution in [1.82, 2.24) is 15.0 Å². The van der Waals surface area contributed by atoms with Crippen LogP contribution in [0.1, 0.15) is 11.4 Å². The van der Waals surface area contributed by atoms with Gasteiger partial charge < -0.3 is 11.1 Å². The highest BCUT2D eigenvalue weighted by Crippen LogP contribution is 2.22. The standard InChI is InChI=1S/C17H16FN5S/c1-11-2-8-14(9-3-11)24-10-15-21-16(19)23-17(22-15)20-13-6-4-12(18)5-7-13/h2-9H,10H2,1H3,(H3,19,20,21,22,23). The third-order valence-electron chi connectivity index (χ3n) is 3.19. The summed E-state index contributed by atoms with van der Waals surface area (Å²) in [6, 6.07) is 14.2. The van der Waals surface area contributed by atoms with E-state index in [-0.39, 0.29) is 11.8 Å². The number of halogens is 1. The van der Waals surface area contributed by atoms with Crippen LogP contribution in [0.25, 0.3) is 0 Å². The van der Waals surface area contributed by atoms with E-state index < -0.39 is 0 Å². The van der Waals surface area contributed by atoms with Crippen molar-refractivity contribution in [2.45, 2.75) is 17.6 Å². The van der Waals surface area contributed by atoms with E-state index in [1.807, 2.05) is 0 Å². The maximum Gasteiger partial charge on any atom is 0.232 e. The number of rotatable bonds is 5. The Hall–Kier alpha value is -2.67. The van der Waals surface area contributed by atoms with Crippen LogP contribution in [0.3, 0.4) is 0 Å². The lowest BCUT2D eigenvalue weighted by atomic mass is 10.2. The summed E-state index contributed by atoms with van der Waals surface area (Å²) < 4.78 is 12.9. The lowest BCUT2D eigenvalue weighted by molar-refractivity contribution is 0.628. The van der Waals surface area contributed by atoms with Crippen molar-refractivity contribution in [3.8, 4) is 0 Å². The summed E-state index contributed by atoms with van der Waals surface area (Å²) in [7, 11) is 0. The highest BCUT2D eigenvalue weighted by atomic mass is 32.2. The molecule has 3 N–H and O–H groups in total. The molecule has 0 unspecified atom stereocenters. The minimum atomic E-state index is -0.300. The van der Waals surface area contributed by atoms with E-state index in [1.165, 1.54) is 17.7 Å². The Bertz CT molecular complexity index is 821. The summed E-state index contributed by atoms with van der Waals surface area (Å²) in [5.41, 5.74) is 7.65. The normalized spacial score (nSPS) is 10.6. The number of aromatic nitrogens is 3. The zero-order valence-electron chi connectivity index (χ0n) is 13.0. The molecule has 0 saturated heterocycles. The molecule has 7 heteroatoms. The van der Waals surface area contributed by atoms with Crippen molar-refractivity contribution in [1.29, 1.82) is 0 Å². The number of hydrogen-bond acceptors (Lipinski definition) is 6. The molecule has 0 bridgehead atoms. The first-order chi connectivity index (χ1) is 11.6. The van der Waals surface area contributed by atoms with Crippen LogP contribution in [0.4, 0.5) is 22.0 Å². The number of hydrogen-bond donors (Lipinski definition) is 2. The number of anilines is 3. The van der Waals surface area contributed by atoms with Crippen LogP contribution in [0.15, 0.2) is 53.4 Å². The van der Waals surface area contributed by atoms with Gasteiger partial charge in [-0.3, -0.25) is 0 Å². The van der Waals surface area contributed by atoms with Gasteiger partial charge in [0.25, 0.3) is 0 Å². The average Bonchev–Trinajstić information content (AvgIpc) is 2.56. The Morgan fingerprint density at radius 1 is 1.00 bits per heavy atom. The van der Waals surface area contributed by atoms with Crippen molar-refractivity contribution in [2.24, 2.45) is 0 Å². The molecule has 0 radical (unpaired) electrons. The second-order valence-electron chi connectivity index (χ2n) is 5.17. The Labute approximate surface area is 143 Å². The van der Waals surface area contributed by atoms with Gasteiger partial charge in [-0.25, -0.2) is 4.39 Å². The third kappa shape index (κ3) is 4.42. The van der Waals surface area contributed by atoms with E-state index in [0.717, 1.165) is 4.90 Å². The molecule has 24 heavy (non-hydrogen) atoms. The maximum atomic E-state index is 12.9. The number of aryl methyl sites for hydroxylation is 1. The fraction of sp³-hybridized carbons (Fsp3) is 0.118.